The molecule has 2 aliphatic heterocycles. The predicted octanol–water partition coefficient (Wildman–Crippen LogP) is 5.92. The summed E-state index contributed by atoms with van der Waals surface area (Å²) in [5, 5.41) is 0.367. The number of fused-ring (bicyclic) bond motifs is 1. The van der Waals surface area contributed by atoms with E-state index >= 15 is 0 Å². The molecule has 214 valence electrons. The summed E-state index contributed by atoms with van der Waals surface area (Å²) < 4.78 is 34.1. The topological polar surface area (TPSA) is 80.5 Å². The van der Waals surface area contributed by atoms with Crippen molar-refractivity contribution >= 4 is 39.0 Å². The second-order valence-corrected chi connectivity index (χ2v) is 14.5. The van der Waals surface area contributed by atoms with Gasteiger partial charge in [-0.3, -0.25) is 8.98 Å². The quantitative estimate of drug-likeness (QED) is 0.296. The van der Waals surface area contributed by atoms with E-state index in [-0.39, 0.29) is 41.4 Å². The van der Waals surface area contributed by atoms with Crippen molar-refractivity contribution in [3.63, 3.8) is 0 Å². The molecular formula is C30H36ClN3O5S. The maximum atomic E-state index is 13.6. The lowest BCUT2D eigenvalue weighted by molar-refractivity contribution is -0.199. The zero-order valence-corrected chi connectivity index (χ0v) is 25.2. The standard InChI is InChI=1S/C30H36ClN3O5S/c1-29(2)27(30(3,4)28(29)39-22-8-10-25(32-5)24(31)16-22)34-17-20-15-21(7-9-23(20)26(34)35)33-13-11-19(12-14-33)18-38-40(6,36)37/h7-10,15-16,19,27-28H,11-14,17-18H2,1-4,6H3. The molecule has 2 aromatic carbocycles. The lowest BCUT2D eigenvalue weighted by Crippen LogP contribution is -2.74. The Morgan fingerprint density at radius 3 is 2.35 bits per heavy atom. The summed E-state index contributed by atoms with van der Waals surface area (Å²) in [7, 11) is -3.42. The first kappa shape index (κ1) is 28.7. The molecule has 1 saturated heterocycles. The molecule has 0 atom stereocenters. The van der Waals surface area contributed by atoms with Crippen molar-refractivity contribution in [1.29, 1.82) is 0 Å². The molecule has 0 bridgehead atoms. The van der Waals surface area contributed by atoms with Gasteiger partial charge in [0, 0.05) is 47.8 Å². The number of benzene rings is 2. The van der Waals surface area contributed by atoms with E-state index in [1.165, 1.54) is 0 Å². The minimum absolute atomic E-state index is 0.0306. The largest absolute Gasteiger partial charge is 0.489 e. The SMILES string of the molecule is [C-]#[N+]c1ccc(OC2C(C)(C)C(N3Cc4cc(N5CCC(COS(C)(=O)=O)CC5)ccc4C3=O)C2(C)C)cc1Cl. The molecular weight excluding hydrogens is 550 g/mol. The van der Waals surface area contributed by atoms with Gasteiger partial charge in [-0.05, 0) is 54.7 Å². The molecule has 10 heteroatoms. The van der Waals surface area contributed by atoms with E-state index in [4.69, 9.17) is 27.1 Å². The van der Waals surface area contributed by atoms with Gasteiger partial charge in [0.25, 0.3) is 16.0 Å². The maximum Gasteiger partial charge on any atom is 0.264 e. The molecule has 0 aromatic heterocycles. The average molecular weight is 586 g/mol. The van der Waals surface area contributed by atoms with Gasteiger partial charge in [-0.1, -0.05) is 45.4 Å². The summed E-state index contributed by atoms with van der Waals surface area (Å²) in [6.07, 6.45) is 2.65. The first-order valence-electron chi connectivity index (χ1n) is 13.6. The lowest BCUT2D eigenvalue weighted by atomic mass is 9.49. The van der Waals surface area contributed by atoms with Gasteiger partial charge in [0.05, 0.1) is 24.5 Å². The van der Waals surface area contributed by atoms with Crippen LogP contribution in [0.15, 0.2) is 36.4 Å². The summed E-state index contributed by atoms with van der Waals surface area (Å²) >= 11 is 6.25. The first-order chi connectivity index (χ1) is 18.7. The van der Waals surface area contributed by atoms with E-state index in [1.54, 1.807) is 18.2 Å². The van der Waals surface area contributed by atoms with Crippen molar-refractivity contribution in [2.75, 3.05) is 30.9 Å². The number of hydrogen-bond acceptors (Lipinski definition) is 6. The van der Waals surface area contributed by atoms with Gasteiger partial charge in [0.2, 0.25) is 5.69 Å². The van der Waals surface area contributed by atoms with Crippen LogP contribution in [0.2, 0.25) is 5.02 Å². The van der Waals surface area contributed by atoms with E-state index in [2.05, 4.69) is 43.5 Å². The number of halogens is 1. The molecule has 1 saturated carbocycles. The fourth-order valence-electron chi connectivity index (χ4n) is 7.32. The molecule has 8 nitrogen and oxygen atoms in total. The Kier molecular flexibility index (Phi) is 7.35. The highest BCUT2D eigenvalue weighted by atomic mass is 35.5. The monoisotopic (exact) mass is 585 g/mol. The number of amides is 1. The van der Waals surface area contributed by atoms with Crippen LogP contribution in [-0.2, 0) is 20.8 Å². The van der Waals surface area contributed by atoms with Crippen LogP contribution < -0.4 is 9.64 Å². The van der Waals surface area contributed by atoms with Gasteiger partial charge in [0.15, 0.2) is 0 Å². The van der Waals surface area contributed by atoms with Crippen molar-refractivity contribution in [2.45, 2.75) is 59.2 Å². The summed E-state index contributed by atoms with van der Waals surface area (Å²) in [6.45, 7) is 18.2. The zero-order chi connectivity index (χ0) is 29.0. The van der Waals surface area contributed by atoms with Gasteiger partial charge in [-0.2, -0.15) is 8.42 Å². The van der Waals surface area contributed by atoms with Gasteiger partial charge >= 0.3 is 0 Å². The summed E-state index contributed by atoms with van der Waals surface area (Å²) in [5.74, 6) is 0.888. The smallest absolute Gasteiger partial charge is 0.264 e. The number of rotatable bonds is 7. The number of anilines is 1. The van der Waals surface area contributed by atoms with E-state index < -0.39 is 10.1 Å². The highest BCUT2D eigenvalue weighted by Crippen LogP contribution is 2.59. The fraction of sp³-hybridized carbons (Fsp3) is 0.533. The second-order valence-electron chi connectivity index (χ2n) is 12.5. The number of nitrogens with zero attached hydrogens (tertiary/aromatic N) is 3. The maximum absolute atomic E-state index is 13.6. The number of ether oxygens (including phenoxy) is 1. The Morgan fingerprint density at radius 1 is 1.07 bits per heavy atom. The van der Waals surface area contributed by atoms with E-state index in [1.807, 2.05) is 17.0 Å². The highest BCUT2D eigenvalue weighted by Gasteiger charge is 2.67. The van der Waals surface area contributed by atoms with Crippen molar-refractivity contribution in [3.05, 3.63) is 64.0 Å². The molecule has 0 N–H and O–H groups in total. The second kappa shape index (κ2) is 10.2. The third-order valence-corrected chi connectivity index (χ3v) is 9.65. The molecule has 0 spiro atoms. The van der Waals surface area contributed by atoms with E-state index in [0.717, 1.165) is 49.0 Å². The van der Waals surface area contributed by atoms with Crippen LogP contribution in [0.3, 0.4) is 0 Å². The molecule has 5 rings (SSSR count). The molecule has 1 aliphatic carbocycles. The third kappa shape index (κ3) is 5.17. The number of hydrogen-bond donors (Lipinski definition) is 0. The van der Waals surface area contributed by atoms with Crippen LogP contribution in [0, 0.1) is 23.3 Å². The van der Waals surface area contributed by atoms with Crippen LogP contribution in [0.5, 0.6) is 5.75 Å². The molecule has 1 amide bonds. The number of piperidine rings is 1. The summed E-state index contributed by atoms with van der Waals surface area (Å²) in [5.41, 5.74) is 2.63. The van der Waals surface area contributed by atoms with Crippen LogP contribution in [0.4, 0.5) is 11.4 Å². The molecule has 2 aromatic rings. The number of carbonyl (C=O) groups is 1. The van der Waals surface area contributed by atoms with Crippen molar-refractivity contribution in [3.8, 4) is 5.75 Å². The van der Waals surface area contributed by atoms with Crippen molar-refractivity contribution in [1.82, 2.24) is 4.90 Å². The Morgan fingerprint density at radius 2 is 1.75 bits per heavy atom. The number of carbonyl (C=O) groups excluding carboxylic acids is 1. The molecule has 0 unspecified atom stereocenters. The molecule has 3 aliphatic rings. The Bertz CT molecular complexity index is 1460. The zero-order valence-electron chi connectivity index (χ0n) is 23.6. The van der Waals surface area contributed by atoms with Crippen molar-refractivity contribution in [2.24, 2.45) is 16.7 Å². The Labute approximate surface area is 242 Å². The average Bonchev–Trinajstić information content (AvgIpc) is 3.20. The molecule has 40 heavy (non-hydrogen) atoms. The lowest BCUT2D eigenvalue weighted by Gasteiger charge is -2.65. The van der Waals surface area contributed by atoms with Gasteiger partial charge < -0.3 is 14.5 Å². The van der Waals surface area contributed by atoms with Crippen LogP contribution in [0.1, 0.15) is 56.5 Å². The highest BCUT2D eigenvalue weighted by molar-refractivity contribution is 7.85. The van der Waals surface area contributed by atoms with Crippen LogP contribution in [-0.4, -0.2) is 57.3 Å². The minimum Gasteiger partial charge on any atom is -0.489 e. The normalized spacial score (nSPS) is 23.9. The Hall–Kier alpha value is -2.80. The van der Waals surface area contributed by atoms with E-state index in [0.29, 0.717) is 23.0 Å². The van der Waals surface area contributed by atoms with Crippen LogP contribution in [0.25, 0.3) is 4.85 Å². The van der Waals surface area contributed by atoms with Crippen LogP contribution >= 0.6 is 11.6 Å². The molecule has 2 heterocycles. The third-order valence-electron chi connectivity index (χ3n) is 8.78. The fourth-order valence-corrected chi connectivity index (χ4v) is 7.97. The predicted molar refractivity (Wildman–Crippen MR) is 156 cm³/mol. The van der Waals surface area contributed by atoms with Gasteiger partial charge in [-0.15, -0.1) is 0 Å². The first-order valence-corrected chi connectivity index (χ1v) is 15.8. The molecule has 0 radical (unpaired) electrons. The van der Waals surface area contributed by atoms with Crippen molar-refractivity contribution < 1.29 is 22.1 Å². The summed E-state index contributed by atoms with van der Waals surface area (Å²) in [6, 6.07) is 11.2. The van der Waals surface area contributed by atoms with Gasteiger partial charge in [0.1, 0.15) is 11.9 Å². The van der Waals surface area contributed by atoms with Gasteiger partial charge in [-0.25, -0.2) is 4.85 Å². The van der Waals surface area contributed by atoms with E-state index in [9.17, 15) is 13.2 Å². The Balaban J connectivity index is 1.27. The molecule has 2 fully saturated rings. The summed E-state index contributed by atoms with van der Waals surface area (Å²) in [4.78, 5) is 21.4. The minimum atomic E-state index is -3.42.